The van der Waals surface area contributed by atoms with Crippen molar-refractivity contribution >= 4 is 29.1 Å². The van der Waals surface area contributed by atoms with E-state index in [0.717, 1.165) is 25.7 Å². The summed E-state index contributed by atoms with van der Waals surface area (Å²) in [5.74, 6) is 0.202. The largest absolute Gasteiger partial charge is 0.494 e. The number of amides is 2. The fourth-order valence-corrected chi connectivity index (χ4v) is 2.83. The van der Waals surface area contributed by atoms with Crippen LogP contribution in [0.25, 0.3) is 0 Å². The van der Waals surface area contributed by atoms with Crippen LogP contribution in [0.3, 0.4) is 0 Å². The molecule has 24 heavy (non-hydrogen) atoms. The molecule has 0 unspecified atom stereocenters. The topological polar surface area (TPSA) is 79.5 Å². The van der Waals surface area contributed by atoms with Gasteiger partial charge in [0.25, 0.3) is 5.91 Å². The summed E-state index contributed by atoms with van der Waals surface area (Å²) in [7, 11) is 0. The molecule has 1 fully saturated rings. The molecule has 1 saturated carbocycles. The Hall–Kier alpha value is -2.15. The van der Waals surface area contributed by atoms with Crippen LogP contribution in [-0.4, -0.2) is 23.5 Å². The van der Waals surface area contributed by atoms with Crippen LogP contribution in [0.15, 0.2) is 24.3 Å². The van der Waals surface area contributed by atoms with Gasteiger partial charge in [-0.3, -0.25) is 25.8 Å². The summed E-state index contributed by atoms with van der Waals surface area (Å²) in [6, 6.07) is 6.83. The first-order chi connectivity index (χ1) is 11.6. The zero-order valence-corrected chi connectivity index (χ0v) is 14.6. The van der Waals surface area contributed by atoms with E-state index in [1.807, 2.05) is 6.92 Å². The second-order valence-electron chi connectivity index (χ2n) is 5.69. The maximum Gasteiger partial charge on any atom is 0.257 e. The van der Waals surface area contributed by atoms with Crippen LogP contribution >= 0.6 is 12.2 Å². The van der Waals surface area contributed by atoms with Gasteiger partial charge in [-0.25, -0.2) is 0 Å². The predicted molar refractivity (Wildman–Crippen MR) is 95.5 cm³/mol. The molecule has 2 amide bonds. The molecule has 130 valence electrons. The van der Waals surface area contributed by atoms with Gasteiger partial charge < -0.3 is 4.74 Å². The average molecular weight is 349 g/mol. The molecule has 7 heteroatoms. The zero-order valence-electron chi connectivity index (χ0n) is 13.8. The van der Waals surface area contributed by atoms with Gasteiger partial charge >= 0.3 is 0 Å². The molecule has 6 nitrogen and oxygen atoms in total. The molecule has 1 aliphatic rings. The highest BCUT2D eigenvalue weighted by Gasteiger charge is 2.21. The molecule has 0 aromatic heterocycles. The van der Waals surface area contributed by atoms with Crippen molar-refractivity contribution in [2.45, 2.75) is 39.0 Å². The Morgan fingerprint density at radius 2 is 1.96 bits per heavy atom. The number of hydrogen-bond acceptors (Lipinski definition) is 4. The number of hydrogen-bond donors (Lipinski definition) is 3. The lowest BCUT2D eigenvalue weighted by Gasteiger charge is -2.21. The second-order valence-corrected chi connectivity index (χ2v) is 6.10. The van der Waals surface area contributed by atoms with Crippen molar-refractivity contribution in [3.63, 3.8) is 0 Å². The summed E-state index contributed by atoms with van der Waals surface area (Å²) < 4.78 is 5.36. The lowest BCUT2D eigenvalue weighted by atomic mass is 9.89. The lowest BCUT2D eigenvalue weighted by molar-refractivity contribution is -0.126. The molecule has 1 aromatic carbocycles. The van der Waals surface area contributed by atoms with Crippen LogP contribution in [0.2, 0.25) is 0 Å². The SMILES string of the molecule is CCOc1cccc(C(=O)NC(=S)NNC(=O)C2CCCCC2)c1. The van der Waals surface area contributed by atoms with Gasteiger partial charge in [0.15, 0.2) is 5.11 Å². The summed E-state index contributed by atoms with van der Waals surface area (Å²) in [4.78, 5) is 24.2. The van der Waals surface area contributed by atoms with Crippen LogP contribution in [0.4, 0.5) is 0 Å². The van der Waals surface area contributed by atoms with E-state index in [0.29, 0.717) is 17.9 Å². The van der Waals surface area contributed by atoms with E-state index in [9.17, 15) is 9.59 Å². The molecule has 1 aromatic rings. The van der Waals surface area contributed by atoms with Crippen LogP contribution in [0.1, 0.15) is 49.4 Å². The third-order valence-electron chi connectivity index (χ3n) is 3.91. The number of benzene rings is 1. The standard InChI is InChI=1S/C17H23N3O3S/c1-2-23-14-10-6-9-13(11-14)15(21)18-17(24)20-19-16(22)12-7-4-3-5-8-12/h6,9-12H,2-5,7-8H2,1H3,(H,19,22)(H2,18,20,21,24). The Labute approximate surface area is 147 Å². The van der Waals surface area contributed by atoms with Gasteiger partial charge in [-0.2, -0.15) is 0 Å². The number of carbonyl (C=O) groups is 2. The van der Waals surface area contributed by atoms with E-state index in [4.69, 9.17) is 17.0 Å². The van der Waals surface area contributed by atoms with Crippen molar-refractivity contribution in [2.24, 2.45) is 5.92 Å². The van der Waals surface area contributed by atoms with Gasteiger partial charge in [-0.1, -0.05) is 25.3 Å². The second kappa shape index (κ2) is 9.22. The van der Waals surface area contributed by atoms with Crippen LogP contribution in [-0.2, 0) is 4.79 Å². The number of thiocarbonyl (C=S) groups is 1. The number of ether oxygens (including phenoxy) is 1. The Morgan fingerprint density at radius 1 is 1.21 bits per heavy atom. The van der Waals surface area contributed by atoms with Crippen LogP contribution < -0.4 is 20.9 Å². The molecule has 0 atom stereocenters. The Morgan fingerprint density at radius 3 is 2.67 bits per heavy atom. The van der Waals surface area contributed by atoms with Crippen molar-refractivity contribution in [1.82, 2.24) is 16.2 Å². The maximum absolute atomic E-state index is 12.2. The summed E-state index contributed by atoms with van der Waals surface area (Å²) in [5, 5.41) is 2.60. The molecular weight excluding hydrogens is 326 g/mol. The minimum atomic E-state index is -0.360. The van der Waals surface area contributed by atoms with E-state index in [1.54, 1.807) is 24.3 Å². The number of carbonyl (C=O) groups excluding carboxylic acids is 2. The molecule has 3 N–H and O–H groups in total. The Kier molecular flexibility index (Phi) is 6.99. The van der Waals surface area contributed by atoms with E-state index in [1.165, 1.54) is 6.42 Å². The molecule has 0 aliphatic heterocycles. The van der Waals surface area contributed by atoms with Crippen LogP contribution in [0, 0.1) is 5.92 Å². The van der Waals surface area contributed by atoms with Gasteiger partial charge in [-0.15, -0.1) is 0 Å². The minimum absolute atomic E-state index is 0.0209. The van der Waals surface area contributed by atoms with Gasteiger partial charge in [0.1, 0.15) is 5.75 Å². The van der Waals surface area contributed by atoms with Crippen molar-refractivity contribution in [2.75, 3.05) is 6.61 Å². The van der Waals surface area contributed by atoms with Crippen LogP contribution in [0.5, 0.6) is 5.75 Å². The van der Waals surface area contributed by atoms with Gasteiger partial charge in [0, 0.05) is 11.5 Å². The molecule has 1 aliphatic carbocycles. The third kappa shape index (κ3) is 5.49. The van der Waals surface area contributed by atoms with Crippen molar-refractivity contribution < 1.29 is 14.3 Å². The molecule has 2 rings (SSSR count). The first-order valence-corrected chi connectivity index (χ1v) is 8.65. The zero-order chi connectivity index (χ0) is 17.4. The van der Waals surface area contributed by atoms with Gasteiger partial charge in [0.2, 0.25) is 5.91 Å². The van der Waals surface area contributed by atoms with E-state index in [-0.39, 0.29) is 22.8 Å². The summed E-state index contributed by atoms with van der Waals surface area (Å²) in [6.45, 7) is 2.40. The number of nitrogens with one attached hydrogen (secondary N) is 3. The smallest absolute Gasteiger partial charge is 0.257 e. The molecule has 0 saturated heterocycles. The first-order valence-electron chi connectivity index (χ1n) is 8.24. The predicted octanol–water partition coefficient (Wildman–Crippen LogP) is 2.30. The molecular formula is C17H23N3O3S. The normalized spacial score (nSPS) is 14.5. The lowest BCUT2D eigenvalue weighted by Crippen LogP contribution is -2.50. The van der Waals surface area contributed by atoms with Gasteiger partial charge in [0.05, 0.1) is 6.61 Å². The highest BCUT2D eigenvalue weighted by molar-refractivity contribution is 7.80. The molecule has 0 radical (unpaired) electrons. The Bertz CT molecular complexity index is 600. The number of hydrazine groups is 1. The highest BCUT2D eigenvalue weighted by atomic mass is 32.1. The average Bonchev–Trinajstić information content (AvgIpc) is 2.61. The van der Waals surface area contributed by atoms with Crippen molar-refractivity contribution in [3.05, 3.63) is 29.8 Å². The van der Waals surface area contributed by atoms with Gasteiger partial charge in [-0.05, 0) is 50.2 Å². The molecule has 0 bridgehead atoms. The summed E-state index contributed by atoms with van der Waals surface area (Å²) in [5.41, 5.74) is 5.59. The maximum atomic E-state index is 12.2. The number of rotatable bonds is 4. The molecule has 0 heterocycles. The fourth-order valence-electron chi connectivity index (χ4n) is 2.69. The van der Waals surface area contributed by atoms with E-state index >= 15 is 0 Å². The van der Waals surface area contributed by atoms with E-state index in [2.05, 4.69) is 16.2 Å². The highest BCUT2D eigenvalue weighted by Crippen LogP contribution is 2.23. The van der Waals surface area contributed by atoms with E-state index < -0.39 is 0 Å². The first kappa shape index (κ1) is 18.2. The monoisotopic (exact) mass is 349 g/mol. The van der Waals surface area contributed by atoms with Crippen molar-refractivity contribution in [1.29, 1.82) is 0 Å². The summed E-state index contributed by atoms with van der Waals surface area (Å²) >= 11 is 5.05. The molecule has 0 spiro atoms. The minimum Gasteiger partial charge on any atom is -0.494 e. The summed E-state index contributed by atoms with van der Waals surface area (Å²) in [6.07, 6.45) is 5.14. The fraction of sp³-hybridized carbons (Fsp3) is 0.471. The Balaban J connectivity index is 1.80. The quantitative estimate of drug-likeness (QED) is 0.574. The third-order valence-corrected chi connectivity index (χ3v) is 4.11. The van der Waals surface area contributed by atoms with Crippen molar-refractivity contribution in [3.8, 4) is 5.75 Å².